The summed E-state index contributed by atoms with van der Waals surface area (Å²) in [4.78, 5) is 9.74. The molecule has 4 rings (SSSR count). The van der Waals surface area contributed by atoms with E-state index < -0.39 is 0 Å². The van der Waals surface area contributed by atoms with E-state index in [-0.39, 0.29) is 24.0 Å². The summed E-state index contributed by atoms with van der Waals surface area (Å²) >= 11 is 0. The normalized spacial score (nSPS) is 29.3. The summed E-state index contributed by atoms with van der Waals surface area (Å²) in [6, 6.07) is 11.4. The molecule has 2 heterocycles. The molecule has 3 aliphatic rings. The van der Waals surface area contributed by atoms with Gasteiger partial charge in [-0.3, -0.25) is 4.99 Å². The van der Waals surface area contributed by atoms with Crippen LogP contribution in [-0.4, -0.2) is 61.6 Å². The minimum Gasteiger partial charge on any atom is -0.353 e. The smallest absolute Gasteiger partial charge is 0.193 e. The Balaban J connectivity index is 0.00000196. The summed E-state index contributed by atoms with van der Waals surface area (Å²) in [5.74, 6) is 2.58. The van der Waals surface area contributed by atoms with Gasteiger partial charge in [0.15, 0.2) is 5.96 Å². The molecular formula is C21H33IN4. The van der Waals surface area contributed by atoms with E-state index in [1.54, 1.807) is 0 Å². The van der Waals surface area contributed by atoms with Gasteiger partial charge in [-0.15, -0.1) is 24.0 Å². The van der Waals surface area contributed by atoms with Crippen LogP contribution in [0.1, 0.15) is 43.6 Å². The van der Waals surface area contributed by atoms with Gasteiger partial charge in [-0.05, 0) is 50.3 Å². The second-order valence-electron chi connectivity index (χ2n) is 8.01. The third-order valence-electron chi connectivity index (χ3n) is 6.09. The second kappa shape index (κ2) is 9.40. The minimum atomic E-state index is 0. The number of nitrogens with one attached hydrogen (secondary N) is 1. The van der Waals surface area contributed by atoms with Crippen molar-refractivity contribution in [2.75, 3.05) is 39.8 Å². The van der Waals surface area contributed by atoms with E-state index in [4.69, 9.17) is 0 Å². The Bertz CT molecular complexity index is 585. The van der Waals surface area contributed by atoms with Gasteiger partial charge in [0.25, 0.3) is 0 Å². The van der Waals surface area contributed by atoms with E-state index in [0.717, 1.165) is 18.4 Å². The molecule has 26 heavy (non-hydrogen) atoms. The fraction of sp³-hybridized carbons (Fsp3) is 0.667. The topological polar surface area (TPSA) is 30.9 Å². The van der Waals surface area contributed by atoms with Crippen LogP contribution in [-0.2, 0) is 0 Å². The van der Waals surface area contributed by atoms with E-state index in [1.807, 2.05) is 7.05 Å². The van der Waals surface area contributed by atoms with Gasteiger partial charge in [-0.2, -0.15) is 0 Å². The number of aliphatic imine (C=N–C) groups is 1. The standard InChI is InChI=1S/C21H32N4.HI/c1-22-21(23-20-14-19(20)18-8-4-2-5-9-18)25-13-10-17(16-25)15-24-11-6-3-7-12-24;/h2,4-5,8-9,17,19-20H,3,6-7,10-16H2,1H3,(H,22,23);1H. The Morgan fingerprint density at radius 2 is 1.88 bits per heavy atom. The highest BCUT2D eigenvalue weighted by Gasteiger charge is 2.40. The first-order chi connectivity index (χ1) is 12.3. The van der Waals surface area contributed by atoms with Crippen molar-refractivity contribution in [3.8, 4) is 0 Å². The van der Waals surface area contributed by atoms with Gasteiger partial charge < -0.3 is 15.1 Å². The number of rotatable bonds is 4. The van der Waals surface area contributed by atoms with E-state index in [9.17, 15) is 0 Å². The number of halogens is 1. The first kappa shape index (κ1) is 19.9. The number of guanidine groups is 1. The molecule has 0 bridgehead atoms. The minimum absolute atomic E-state index is 0. The highest BCUT2D eigenvalue weighted by atomic mass is 127. The highest BCUT2D eigenvalue weighted by Crippen LogP contribution is 2.40. The van der Waals surface area contributed by atoms with Crippen LogP contribution in [0.3, 0.4) is 0 Å². The van der Waals surface area contributed by atoms with Crippen molar-refractivity contribution in [2.24, 2.45) is 10.9 Å². The van der Waals surface area contributed by atoms with Crippen molar-refractivity contribution in [1.82, 2.24) is 15.1 Å². The summed E-state index contributed by atoms with van der Waals surface area (Å²) < 4.78 is 0. The predicted molar refractivity (Wildman–Crippen MR) is 119 cm³/mol. The quantitative estimate of drug-likeness (QED) is 0.417. The molecule has 5 heteroatoms. The molecule has 4 nitrogen and oxygen atoms in total. The van der Waals surface area contributed by atoms with Crippen molar-refractivity contribution in [1.29, 1.82) is 0 Å². The Morgan fingerprint density at radius 1 is 1.12 bits per heavy atom. The number of nitrogens with zero attached hydrogens (tertiary/aromatic N) is 3. The maximum Gasteiger partial charge on any atom is 0.193 e. The zero-order valence-corrected chi connectivity index (χ0v) is 18.3. The first-order valence-electron chi connectivity index (χ1n) is 10.1. The van der Waals surface area contributed by atoms with Crippen molar-refractivity contribution < 1.29 is 0 Å². The van der Waals surface area contributed by atoms with Crippen molar-refractivity contribution >= 4 is 29.9 Å². The van der Waals surface area contributed by atoms with Crippen LogP contribution >= 0.6 is 24.0 Å². The number of hydrogen-bond acceptors (Lipinski definition) is 2. The van der Waals surface area contributed by atoms with Crippen molar-refractivity contribution in [2.45, 2.75) is 44.1 Å². The summed E-state index contributed by atoms with van der Waals surface area (Å²) in [5, 5.41) is 3.72. The summed E-state index contributed by atoms with van der Waals surface area (Å²) in [7, 11) is 1.93. The third-order valence-corrected chi connectivity index (χ3v) is 6.09. The van der Waals surface area contributed by atoms with Gasteiger partial charge >= 0.3 is 0 Å². The van der Waals surface area contributed by atoms with Crippen LogP contribution in [0, 0.1) is 5.92 Å². The zero-order valence-electron chi connectivity index (χ0n) is 15.9. The van der Waals surface area contributed by atoms with Gasteiger partial charge in [-0.1, -0.05) is 36.8 Å². The lowest BCUT2D eigenvalue weighted by atomic mass is 10.1. The lowest BCUT2D eigenvalue weighted by Gasteiger charge is -2.29. The lowest BCUT2D eigenvalue weighted by Crippen LogP contribution is -2.42. The van der Waals surface area contributed by atoms with E-state index in [1.165, 1.54) is 63.8 Å². The molecule has 0 aromatic heterocycles. The fourth-order valence-corrected chi connectivity index (χ4v) is 4.57. The molecule has 2 aliphatic heterocycles. The molecule has 0 radical (unpaired) electrons. The Kier molecular flexibility index (Phi) is 7.20. The number of hydrogen-bond donors (Lipinski definition) is 1. The van der Waals surface area contributed by atoms with Gasteiger partial charge in [0.05, 0.1) is 0 Å². The molecule has 1 aromatic rings. The molecule has 0 amide bonds. The first-order valence-corrected chi connectivity index (χ1v) is 10.1. The van der Waals surface area contributed by atoms with Crippen LogP contribution in [0.5, 0.6) is 0 Å². The second-order valence-corrected chi connectivity index (χ2v) is 8.01. The molecule has 144 valence electrons. The van der Waals surface area contributed by atoms with Crippen LogP contribution in [0.25, 0.3) is 0 Å². The number of benzene rings is 1. The molecule has 0 spiro atoms. The Hall–Kier alpha value is -0.820. The summed E-state index contributed by atoms with van der Waals surface area (Å²) in [5.41, 5.74) is 1.46. The van der Waals surface area contributed by atoms with Crippen LogP contribution in [0.4, 0.5) is 0 Å². The van der Waals surface area contributed by atoms with E-state index >= 15 is 0 Å². The average molecular weight is 468 g/mol. The van der Waals surface area contributed by atoms with Gasteiger partial charge in [0, 0.05) is 38.6 Å². The fourth-order valence-electron chi connectivity index (χ4n) is 4.57. The average Bonchev–Trinajstić information content (AvgIpc) is 3.30. The molecule has 2 saturated heterocycles. The molecule has 1 aromatic carbocycles. The van der Waals surface area contributed by atoms with Crippen molar-refractivity contribution in [3.05, 3.63) is 35.9 Å². The third kappa shape index (κ3) is 4.91. The zero-order chi connectivity index (χ0) is 17.1. The van der Waals surface area contributed by atoms with Crippen LogP contribution in [0.15, 0.2) is 35.3 Å². The molecular weight excluding hydrogens is 435 g/mol. The number of likely N-dealkylation sites (tertiary alicyclic amines) is 2. The maximum atomic E-state index is 4.58. The molecule has 3 unspecified atom stereocenters. The van der Waals surface area contributed by atoms with Gasteiger partial charge in [-0.25, -0.2) is 0 Å². The van der Waals surface area contributed by atoms with Crippen LogP contribution < -0.4 is 5.32 Å². The van der Waals surface area contributed by atoms with Crippen molar-refractivity contribution in [3.63, 3.8) is 0 Å². The molecule has 1 aliphatic carbocycles. The monoisotopic (exact) mass is 468 g/mol. The van der Waals surface area contributed by atoms with Gasteiger partial charge in [0.2, 0.25) is 0 Å². The summed E-state index contributed by atoms with van der Waals surface area (Å²) in [6.07, 6.45) is 6.75. The van der Waals surface area contributed by atoms with E-state index in [0.29, 0.717) is 12.0 Å². The lowest BCUT2D eigenvalue weighted by molar-refractivity contribution is 0.198. The highest BCUT2D eigenvalue weighted by molar-refractivity contribution is 14.0. The number of piperidine rings is 1. The molecule has 3 fully saturated rings. The molecule has 1 saturated carbocycles. The molecule has 3 atom stereocenters. The summed E-state index contributed by atoms with van der Waals surface area (Å²) in [6.45, 7) is 6.22. The SMILES string of the molecule is CN=C(NC1CC1c1ccccc1)N1CCC(CN2CCCCC2)C1.I. The largest absolute Gasteiger partial charge is 0.353 e. The Labute approximate surface area is 175 Å². The van der Waals surface area contributed by atoms with Crippen LogP contribution in [0.2, 0.25) is 0 Å². The van der Waals surface area contributed by atoms with E-state index in [2.05, 4.69) is 50.4 Å². The Morgan fingerprint density at radius 3 is 2.62 bits per heavy atom. The predicted octanol–water partition coefficient (Wildman–Crippen LogP) is 3.54. The van der Waals surface area contributed by atoms with Gasteiger partial charge in [0.1, 0.15) is 0 Å². The maximum absolute atomic E-state index is 4.58. The molecule has 1 N–H and O–H groups in total.